The van der Waals surface area contributed by atoms with Crippen LogP contribution in [0.2, 0.25) is 0 Å². The molecule has 3 heteroatoms. The lowest BCUT2D eigenvalue weighted by Gasteiger charge is -2.16. The van der Waals surface area contributed by atoms with Crippen LogP contribution in [0.1, 0.15) is 37.2 Å². The summed E-state index contributed by atoms with van der Waals surface area (Å²) in [5, 5.41) is 9.44. The van der Waals surface area contributed by atoms with Gasteiger partial charge in [-0.15, -0.1) is 0 Å². The lowest BCUT2D eigenvalue weighted by molar-refractivity contribution is 0.0290. The minimum Gasteiger partial charge on any atom is -0.508 e. The highest BCUT2D eigenvalue weighted by molar-refractivity contribution is 5.31. The van der Waals surface area contributed by atoms with Crippen LogP contribution in [0.3, 0.4) is 0 Å². The van der Waals surface area contributed by atoms with E-state index >= 15 is 0 Å². The van der Waals surface area contributed by atoms with Gasteiger partial charge in [0.1, 0.15) is 11.5 Å². The first-order valence-corrected chi connectivity index (χ1v) is 7.68. The van der Waals surface area contributed by atoms with E-state index in [1.165, 1.54) is 5.56 Å². The molecule has 1 aliphatic rings. The summed E-state index contributed by atoms with van der Waals surface area (Å²) in [4.78, 5) is 0. The summed E-state index contributed by atoms with van der Waals surface area (Å²) in [5.41, 5.74) is 2.30. The molecule has 0 bridgehead atoms. The number of hydrogen-bond donors (Lipinski definition) is 1. The van der Waals surface area contributed by atoms with E-state index in [1.807, 2.05) is 24.3 Å². The molecule has 0 aliphatic carbocycles. The van der Waals surface area contributed by atoms with Crippen LogP contribution in [0.4, 0.5) is 0 Å². The molecule has 0 amide bonds. The third-order valence-corrected chi connectivity index (χ3v) is 4.74. The van der Waals surface area contributed by atoms with Crippen molar-refractivity contribution in [1.82, 2.24) is 0 Å². The summed E-state index contributed by atoms with van der Waals surface area (Å²) in [7, 11) is 1.67. The predicted molar refractivity (Wildman–Crippen MR) is 86.0 cm³/mol. The Morgan fingerprint density at radius 2 is 1.27 bits per heavy atom. The second-order valence-corrected chi connectivity index (χ2v) is 6.06. The molecular weight excluding hydrogens is 276 g/mol. The number of phenols is 1. The van der Waals surface area contributed by atoms with E-state index in [4.69, 9.17) is 9.47 Å². The van der Waals surface area contributed by atoms with Gasteiger partial charge in [-0.2, -0.15) is 0 Å². The van der Waals surface area contributed by atoms with Crippen LogP contribution in [0.15, 0.2) is 48.5 Å². The molecule has 1 fully saturated rings. The molecule has 0 spiro atoms. The summed E-state index contributed by atoms with van der Waals surface area (Å²) in [5.74, 6) is 1.98. The number of benzene rings is 2. The van der Waals surface area contributed by atoms with Crippen molar-refractivity contribution in [3.63, 3.8) is 0 Å². The molecule has 2 aromatic carbocycles. The normalized spacial score (nSPS) is 27.8. The summed E-state index contributed by atoms with van der Waals surface area (Å²) >= 11 is 0. The van der Waals surface area contributed by atoms with Gasteiger partial charge in [0, 0.05) is 0 Å². The van der Waals surface area contributed by atoms with E-state index in [0.717, 1.165) is 11.3 Å². The monoisotopic (exact) mass is 298 g/mol. The van der Waals surface area contributed by atoms with Gasteiger partial charge in [-0.3, -0.25) is 0 Å². The molecule has 2 aromatic rings. The molecule has 3 nitrogen and oxygen atoms in total. The third-order valence-electron chi connectivity index (χ3n) is 4.74. The zero-order valence-electron chi connectivity index (χ0n) is 13.2. The van der Waals surface area contributed by atoms with E-state index in [2.05, 4.69) is 26.0 Å². The quantitative estimate of drug-likeness (QED) is 0.907. The van der Waals surface area contributed by atoms with E-state index in [-0.39, 0.29) is 18.0 Å². The molecule has 0 unspecified atom stereocenters. The lowest BCUT2D eigenvalue weighted by atomic mass is 9.85. The van der Waals surface area contributed by atoms with Crippen LogP contribution < -0.4 is 4.74 Å². The highest BCUT2D eigenvalue weighted by Gasteiger charge is 2.40. The second kappa shape index (κ2) is 6.01. The summed E-state index contributed by atoms with van der Waals surface area (Å²) in [6, 6.07) is 15.4. The topological polar surface area (TPSA) is 38.7 Å². The fraction of sp³-hybridized carbons (Fsp3) is 0.368. The number of hydrogen-bond acceptors (Lipinski definition) is 3. The average Bonchev–Trinajstić information content (AvgIpc) is 2.84. The largest absolute Gasteiger partial charge is 0.508 e. The molecule has 0 aromatic heterocycles. The standard InChI is InChI=1S/C19H22O3/c1-12-13(2)19(15-6-10-17(21-3)11-7-15)22-18(12)14-4-8-16(20)9-5-14/h4-13,18-20H,1-3H3/t12-,13+,18+,19-/m1/s1. The Morgan fingerprint density at radius 3 is 1.73 bits per heavy atom. The maximum Gasteiger partial charge on any atom is 0.118 e. The van der Waals surface area contributed by atoms with Crippen LogP contribution in [0, 0.1) is 11.8 Å². The van der Waals surface area contributed by atoms with Crippen molar-refractivity contribution in [3.8, 4) is 11.5 Å². The first-order chi connectivity index (χ1) is 10.6. The molecule has 1 N–H and O–H groups in total. The van der Waals surface area contributed by atoms with Gasteiger partial charge in [0.25, 0.3) is 0 Å². The fourth-order valence-electron chi connectivity index (χ4n) is 3.18. The van der Waals surface area contributed by atoms with Crippen molar-refractivity contribution in [1.29, 1.82) is 0 Å². The van der Waals surface area contributed by atoms with Crippen molar-refractivity contribution in [3.05, 3.63) is 59.7 Å². The smallest absolute Gasteiger partial charge is 0.118 e. The van der Waals surface area contributed by atoms with E-state index in [0.29, 0.717) is 11.8 Å². The molecule has 1 aliphatic heterocycles. The first kappa shape index (κ1) is 14.9. The van der Waals surface area contributed by atoms with Crippen LogP contribution in [-0.2, 0) is 4.74 Å². The molecule has 0 saturated carbocycles. The number of ether oxygens (including phenoxy) is 2. The number of aromatic hydroxyl groups is 1. The lowest BCUT2D eigenvalue weighted by Crippen LogP contribution is -2.09. The minimum absolute atomic E-state index is 0.0581. The van der Waals surface area contributed by atoms with Crippen LogP contribution >= 0.6 is 0 Å². The Bertz CT molecular complexity index is 618. The van der Waals surface area contributed by atoms with Gasteiger partial charge < -0.3 is 14.6 Å². The Kier molecular flexibility index (Phi) is 4.08. The number of methoxy groups -OCH3 is 1. The van der Waals surface area contributed by atoms with Gasteiger partial charge in [-0.25, -0.2) is 0 Å². The Balaban J connectivity index is 1.83. The third kappa shape index (κ3) is 2.69. The molecule has 116 valence electrons. The van der Waals surface area contributed by atoms with E-state index < -0.39 is 0 Å². The fourth-order valence-corrected chi connectivity index (χ4v) is 3.18. The van der Waals surface area contributed by atoms with Crippen molar-refractivity contribution in [2.24, 2.45) is 11.8 Å². The Morgan fingerprint density at radius 1 is 0.818 bits per heavy atom. The number of phenolic OH excluding ortho intramolecular Hbond substituents is 1. The summed E-state index contributed by atoms with van der Waals surface area (Å²) in [6.45, 7) is 4.46. The minimum atomic E-state index is 0.0581. The van der Waals surface area contributed by atoms with Gasteiger partial charge >= 0.3 is 0 Å². The van der Waals surface area contributed by atoms with Crippen molar-refractivity contribution >= 4 is 0 Å². The van der Waals surface area contributed by atoms with Gasteiger partial charge in [-0.1, -0.05) is 38.1 Å². The molecule has 22 heavy (non-hydrogen) atoms. The van der Waals surface area contributed by atoms with Crippen LogP contribution in [0.25, 0.3) is 0 Å². The molecule has 3 rings (SSSR count). The van der Waals surface area contributed by atoms with E-state index in [1.54, 1.807) is 19.2 Å². The van der Waals surface area contributed by atoms with E-state index in [9.17, 15) is 5.11 Å². The Hall–Kier alpha value is -2.00. The predicted octanol–water partition coefficient (Wildman–Crippen LogP) is 4.49. The van der Waals surface area contributed by atoms with Crippen molar-refractivity contribution in [2.45, 2.75) is 26.1 Å². The maximum atomic E-state index is 9.44. The second-order valence-electron chi connectivity index (χ2n) is 6.06. The van der Waals surface area contributed by atoms with Gasteiger partial charge in [0.2, 0.25) is 0 Å². The maximum absolute atomic E-state index is 9.44. The highest BCUT2D eigenvalue weighted by Crippen LogP contribution is 2.49. The van der Waals surface area contributed by atoms with Crippen molar-refractivity contribution < 1.29 is 14.6 Å². The number of rotatable bonds is 3. The first-order valence-electron chi connectivity index (χ1n) is 7.68. The molecule has 4 atom stereocenters. The van der Waals surface area contributed by atoms with Gasteiger partial charge in [-0.05, 0) is 47.2 Å². The SMILES string of the molecule is COc1ccc([C@@H]2O[C@H](c3ccc(O)cc3)[C@H](C)[C@@H]2C)cc1. The van der Waals surface area contributed by atoms with Crippen LogP contribution in [0.5, 0.6) is 11.5 Å². The average molecular weight is 298 g/mol. The highest BCUT2D eigenvalue weighted by atomic mass is 16.5. The van der Waals surface area contributed by atoms with Gasteiger partial charge in [0.05, 0.1) is 19.3 Å². The zero-order chi connectivity index (χ0) is 15.7. The summed E-state index contributed by atoms with van der Waals surface area (Å²) < 4.78 is 11.6. The summed E-state index contributed by atoms with van der Waals surface area (Å²) in [6.07, 6.45) is 0.141. The molecule has 1 heterocycles. The van der Waals surface area contributed by atoms with Crippen LogP contribution in [-0.4, -0.2) is 12.2 Å². The van der Waals surface area contributed by atoms with Crippen molar-refractivity contribution in [2.75, 3.05) is 7.11 Å². The molecular formula is C19H22O3. The zero-order valence-corrected chi connectivity index (χ0v) is 13.2. The molecule has 0 radical (unpaired) electrons. The molecule has 1 saturated heterocycles. The van der Waals surface area contributed by atoms with Gasteiger partial charge in [0.15, 0.2) is 0 Å². The Labute approximate surface area is 131 Å².